The molecule has 3 nitrogen and oxygen atoms in total. The van der Waals surface area contributed by atoms with Gasteiger partial charge in [0.1, 0.15) is 0 Å². The highest BCUT2D eigenvalue weighted by atomic mass is 35.5. The Morgan fingerprint density at radius 3 is 2.29 bits per heavy atom. The zero-order chi connectivity index (χ0) is 15.6. The van der Waals surface area contributed by atoms with Crippen LogP contribution in [-0.4, -0.2) is 13.4 Å². The first-order valence-electron chi connectivity index (χ1n) is 6.06. The second-order valence-corrected chi connectivity index (χ2v) is 8.18. The largest absolute Gasteiger partial charge is 0.257 e. The van der Waals surface area contributed by atoms with E-state index in [2.05, 4.69) is 4.98 Å². The fourth-order valence-electron chi connectivity index (χ4n) is 1.81. The molecule has 0 unspecified atom stereocenters. The third-order valence-electron chi connectivity index (χ3n) is 3.10. The van der Waals surface area contributed by atoms with E-state index in [-0.39, 0.29) is 10.8 Å². The van der Waals surface area contributed by atoms with Crippen molar-refractivity contribution in [3.05, 3.63) is 62.9 Å². The van der Waals surface area contributed by atoms with Gasteiger partial charge in [0, 0.05) is 11.2 Å². The number of benzene rings is 1. The van der Waals surface area contributed by atoms with E-state index >= 15 is 0 Å². The molecule has 0 radical (unpaired) electrons. The monoisotopic (exact) mass is 363 g/mol. The van der Waals surface area contributed by atoms with Gasteiger partial charge >= 0.3 is 0 Å². The molecule has 7 heteroatoms. The van der Waals surface area contributed by atoms with Crippen molar-refractivity contribution in [3.63, 3.8) is 0 Å². The van der Waals surface area contributed by atoms with Crippen molar-refractivity contribution in [2.75, 3.05) is 0 Å². The number of hydrogen-bond acceptors (Lipinski definition) is 3. The molecule has 0 aliphatic heterocycles. The van der Waals surface area contributed by atoms with Crippen LogP contribution in [0.15, 0.2) is 36.5 Å². The standard InChI is InChI=1S/C14H12Cl3NO2S/c1-9(10-2-4-11(15)5-3-10)21(19,20)8-14-13(17)6-12(16)7-18-14/h2-7,9H,8H2,1H3/t9-/m0/s1. The summed E-state index contributed by atoms with van der Waals surface area (Å²) in [6.07, 6.45) is 1.38. The van der Waals surface area contributed by atoms with Crippen LogP contribution >= 0.6 is 34.8 Å². The maximum Gasteiger partial charge on any atom is 0.162 e. The first-order chi connectivity index (χ1) is 9.79. The summed E-state index contributed by atoms with van der Waals surface area (Å²) in [5.74, 6) is -0.243. The van der Waals surface area contributed by atoms with Gasteiger partial charge in [0.05, 0.1) is 26.7 Å². The second-order valence-electron chi connectivity index (χ2n) is 4.58. The highest BCUT2D eigenvalue weighted by molar-refractivity contribution is 7.90. The molecular weight excluding hydrogens is 353 g/mol. The summed E-state index contributed by atoms with van der Waals surface area (Å²) < 4.78 is 24.9. The minimum absolute atomic E-state index is 0.243. The smallest absolute Gasteiger partial charge is 0.162 e. The predicted octanol–water partition coefficient (Wildman–Crippen LogP) is 4.72. The maximum atomic E-state index is 12.5. The summed E-state index contributed by atoms with van der Waals surface area (Å²) >= 11 is 17.5. The summed E-state index contributed by atoms with van der Waals surface area (Å²) in [7, 11) is -3.45. The highest BCUT2D eigenvalue weighted by Crippen LogP contribution is 2.28. The van der Waals surface area contributed by atoms with E-state index in [1.54, 1.807) is 31.2 Å². The first-order valence-corrected chi connectivity index (χ1v) is 8.91. The lowest BCUT2D eigenvalue weighted by atomic mass is 10.2. The van der Waals surface area contributed by atoms with E-state index in [0.29, 0.717) is 21.3 Å². The molecule has 0 saturated carbocycles. The lowest BCUT2D eigenvalue weighted by Gasteiger charge is -2.14. The van der Waals surface area contributed by atoms with E-state index in [9.17, 15) is 8.42 Å². The van der Waals surface area contributed by atoms with Gasteiger partial charge in [0.2, 0.25) is 0 Å². The van der Waals surface area contributed by atoms with Crippen LogP contribution in [0.1, 0.15) is 23.4 Å². The number of rotatable bonds is 4. The molecule has 0 N–H and O–H groups in total. The van der Waals surface area contributed by atoms with Gasteiger partial charge in [-0.15, -0.1) is 0 Å². The number of hydrogen-bond donors (Lipinski definition) is 0. The van der Waals surface area contributed by atoms with E-state index in [1.165, 1.54) is 12.3 Å². The van der Waals surface area contributed by atoms with Gasteiger partial charge in [-0.1, -0.05) is 46.9 Å². The van der Waals surface area contributed by atoms with Crippen LogP contribution in [0, 0.1) is 0 Å². The predicted molar refractivity (Wildman–Crippen MR) is 86.7 cm³/mol. The van der Waals surface area contributed by atoms with E-state index in [1.807, 2.05) is 0 Å². The summed E-state index contributed by atoms with van der Waals surface area (Å²) in [6, 6.07) is 8.20. The molecule has 1 atom stereocenters. The SMILES string of the molecule is C[C@@H](c1ccc(Cl)cc1)S(=O)(=O)Cc1ncc(Cl)cc1Cl. The summed E-state index contributed by atoms with van der Waals surface area (Å²) in [5, 5.41) is 0.496. The summed E-state index contributed by atoms with van der Waals surface area (Å²) in [5.41, 5.74) is 0.964. The van der Waals surface area contributed by atoms with Crippen LogP contribution in [0.25, 0.3) is 0 Å². The van der Waals surface area contributed by atoms with Crippen LogP contribution in [0.3, 0.4) is 0 Å². The van der Waals surface area contributed by atoms with Crippen LogP contribution in [0.2, 0.25) is 15.1 Å². The zero-order valence-corrected chi connectivity index (χ0v) is 14.1. The van der Waals surface area contributed by atoms with Gasteiger partial charge in [-0.05, 0) is 30.7 Å². The molecular formula is C14H12Cl3NO2S. The van der Waals surface area contributed by atoms with Crippen LogP contribution in [-0.2, 0) is 15.6 Å². The average molecular weight is 365 g/mol. The molecule has 112 valence electrons. The Morgan fingerprint density at radius 2 is 1.71 bits per heavy atom. The highest BCUT2D eigenvalue weighted by Gasteiger charge is 2.24. The van der Waals surface area contributed by atoms with Gasteiger partial charge in [0.15, 0.2) is 9.84 Å². The minimum Gasteiger partial charge on any atom is -0.257 e. The Kier molecular flexibility index (Phi) is 5.15. The van der Waals surface area contributed by atoms with E-state index in [4.69, 9.17) is 34.8 Å². The average Bonchev–Trinajstić information content (AvgIpc) is 2.42. The lowest BCUT2D eigenvalue weighted by molar-refractivity contribution is 0.584. The van der Waals surface area contributed by atoms with Crippen molar-refractivity contribution in [3.8, 4) is 0 Å². The van der Waals surface area contributed by atoms with Gasteiger partial charge in [-0.3, -0.25) is 4.98 Å². The van der Waals surface area contributed by atoms with Crippen molar-refractivity contribution in [1.29, 1.82) is 0 Å². The van der Waals surface area contributed by atoms with Crippen molar-refractivity contribution in [1.82, 2.24) is 4.98 Å². The van der Waals surface area contributed by atoms with E-state index < -0.39 is 15.1 Å². The number of aromatic nitrogens is 1. The van der Waals surface area contributed by atoms with E-state index in [0.717, 1.165) is 0 Å². The molecule has 0 aliphatic rings. The zero-order valence-electron chi connectivity index (χ0n) is 11.1. The molecule has 2 aromatic rings. The fraction of sp³-hybridized carbons (Fsp3) is 0.214. The van der Waals surface area contributed by atoms with Crippen molar-refractivity contribution >= 4 is 44.6 Å². The van der Waals surface area contributed by atoms with Gasteiger partial charge < -0.3 is 0 Å². The molecule has 2 rings (SSSR count). The number of sulfone groups is 1. The maximum absolute atomic E-state index is 12.5. The Hall–Kier alpha value is -0.810. The minimum atomic E-state index is -3.45. The third-order valence-corrected chi connectivity index (χ3v) is 5.91. The molecule has 0 amide bonds. The Labute approximate surface area is 138 Å². The van der Waals surface area contributed by atoms with Crippen molar-refractivity contribution < 1.29 is 8.42 Å². The number of nitrogens with zero attached hydrogens (tertiary/aromatic N) is 1. The molecule has 0 aliphatic carbocycles. The molecule has 0 saturated heterocycles. The first kappa shape index (κ1) is 16.6. The molecule has 0 spiro atoms. The summed E-state index contributed by atoms with van der Waals surface area (Å²) in [4.78, 5) is 3.99. The molecule has 0 bridgehead atoms. The van der Waals surface area contributed by atoms with Crippen LogP contribution in [0.5, 0.6) is 0 Å². The van der Waals surface area contributed by atoms with Gasteiger partial charge in [0.25, 0.3) is 0 Å². The molecule has 1 aromatic heterocycles. The molecule has 0 fully saturated rings. The Morgan fingerprint density at radius 1 is 1.10 bits per heavy atom. The second kappa shape index (κ2) is 6.53. The Balaban J connectivity index is 2.27. The third kappa shape index (κ3) is 4.10. The number of pyridine rings is 1. The van der Waals surface area contributed by atoms with Crippen molar-refractivity contribution in [2.24, 2.45) is 0 Å². The quantitative estimate of drug-likeness (QED) is 0.788. The fourth-order valence-corrected chi connectivity index (χ4v) is 3.89. The van der Waals surface area contributed by atoms with Crippen LogP contribution in [0.4, 0.5) is 0 Å². The molecule has 21 heavy (non-hydrogen) atoms. The topological polar surface area (TPSA) is 47.0 Å². The van der Waals surface area contributed by atoms with Gasteiger partial charge in [-0.2, -0.15) is 0 Å². The number of halogens is 3. The van der Waals surface area contributed by atoms with Crippen LogP contribution < -0.4 is 0 Å². The normalized spacial score (nSPS) is 13.1. The molecule has 1 aromatic carbocycles. The lowest BCUT2D eigenvalue weighted by Crippen LogP contribution is -2.14. The Bertz CT molecular complexity index is 745. The molecule has 1 heterocycles. The van der Waals surface area contributed by atoms with Gasteiger partial charge in [-0.25, -0.2) is 8.42 Å². The summed E-state index contributed by atoms with van der Waals surface area (Å²) in [6.45, 7) is 1.63. The van der Waals surface area contributed by atoms with Crippen molar-refractivity contribution in [2.45, 2.75) is 17.9 Å².